The summed E-state index contributed by atoms with van der Waals surface area (Å²) < 4.78 is 19.4. The molecule has 0 fully saturated rings. The summed E-state index contributed by atoms with van der Waals surface area (Å²) in [5.41, 5.74) is 7.18. The zero-order chi connectivity index (χ0) is 13.9. The average molecular weight is 270 g/mol. The summed E-state index contributed by atoms with van der Waals surface area (Å²) in [7, 11) is 0. The molecular weight excluding hydrogens is 259 g/mol. The number of benzene rings is 1. The van der Waals surface area contributed by atoms with Gasteiger partial charge in [0.25, 0.3) is 5.88 Å². The molecule has 0 saturated heterocycles. The van der Waals surface area contributed by atoms with Crippen molar-refractivity contribution in [2.24, 2.45) is 0 Å². The second kappa shape index (κ2) is 5.00. The number of aromatic nitrogens is 3. The van der Waals surface area contributed by atoms with Gasteiger partial charge in [0, 0.05) is 11.8 Å². The van der Waals surface area contributed by atoms with E-state index >= 15 is 0 Å². The number of ether oxygens (including phenoxy) is 1. The van der Waals surface area contributed by atoms with Gasteiger partial charge in [-0.2, -0.15) is 5.10 Å². The highest BCUT2D eigenvalue weighted by Crippen LogP contribution is 2.27. The summed E-state index contributed by atoms with van der Waals surface area (Å²) in [5, 5.41) is 6.48. The molecule has 0 unspecified atom stereocenters. The van der Waals surface area contributed by atoms with Crippen LogP contribution in [0, 0.1) is 5.82 Å². The molecule has 0 aliphatic carbocycles. The first-order valence-electron chi connectivity index (χ1n) is 5.91. The van der Waals surface area contributed by atoms with Crippen molar-refractivity contribution in [3.8, 4) is 22.9 Å². The van der Waals surface area contributed by atoms with E-state index < -0.39 is 5.82 Å². The number of aromatic amines is 1. The van der Waals surface area contributed by atoms with Gasteiger partial charge in [-0.25, -0.2) is 9.37 Å². The minimum Gasteiger partial charge on any atom is -0.436 e. The van der Waals surface area contributed by atoms with Crippen molar-refractivity contribution < 1.29 is 9.13 Å². The van der Waals surface area contributed by atoms with Crippen LogP contribution in [0.4, 0.5) is 10.1 Å². The molecule has 0 spiro atoms. The fourth-order valence-electron chi connectivity index (χ4n) is 1.76. The van der Waals surface area contributed by atoms with Gasteiger partial charge in [-0.05, 0) is 18.2 Å². The van der Waals surface area contributed by atoms with Crippen LogP contribution < -0.4 is 10.5 Å². The topological polar surface area (TPSA) is 76.8 Å². The van der Waals surface area contributed by atoms with Crippen molar-refractivity contribution in [1.29, 1.82) is 0 Å². The maximum Gasteiger partial charge on any atom is 0.255 e. The van der Waals surface area contributed by atoms with E-state index in [2.05, 4.69) is 15.2 Å². The van der Waals surface area contributed by atoms with E-state index in [0.29, 0.717) is 22.7 Å². The largest absolute Gasteiger partial charge is 0.436 e. The summed E-state index contributed by atoms with van der Waals surface area (Å²) in [6.45, 7) is 0. The molecule has 0 bridgehead atoms. The van der Waals surface area contributed by atoms with Crippen LogP contribution in [-0.2, 0) is 0 Å². The Morgan fingerprint density at radius 2 is 1.95 bits per heavy atom. The summed E-state index contributed by atoms with van der Waals surface area (Å²) in [4.78, 5) is 3.97. The number of pyridine rings is 1. The Kier molecular flexibility index (Phi) is 3.04. The Hall–Kier alpha value is -2.89. The number of hydrogen-bond donors (Lipinski definition) is 2. The second-order valence-corrected chi connectivity index (χ2v) is 4.13. The van der Waals surface area contributed by atoms with Crippen LogP contribution >= 0.6 is 0 Å². The Morgan fingerprint density at radius 3 is 2.60 bits per heavy atom. The van der Waals surface area contributed by atoms with Gasteiger partial charge >= 0.3 is 0 Å². The molecule has 3 rings (SSSR count). The van der Waals surface area contributed by atoms with Crippen LogP contribution in [0.1, 0.15) is 0 Å². The fraction of sp³-hybridized carbons (Fsp3) is 0. The molecule has 0 aliphatic rings. The number of halogens is 1. The van der Waals surface area contributed by atoms with Crippen LogP contribution in [0.25, 0.3) is 11.3 Å². The fourth-order valence-corrected chi connectivity index (χ4v) is 1.76. The lowest BCUT2D eigenvalue weighted by atomic mass is 10.2. The van der Waals surface area contributed by atoms with E-state index in [1.165, 1.54) is 18.5 Å². The van der Waals surface area contributed by atoms with E-state index in [1.807, 2.05) is 6.07 Å². The first-order chi connectivity index (χ1) is 9.74. The molecular formula is C14H11FN4O. The Balaban J connectivity index is 1.90. The first-order valence-corrected chi connectivity index (χ1v) is 5.91. The zero-order valence-corrected chi connectivity index (χ0v) is 10.4. The molecule has 20 heavy (non-hydrogen) atoms. The third kappa shape index (κ3) is 2.31. The summed E-state index contributed by atoms with van der Waals surface area (Å²) in [6.07, 6.45) is 2.94. The highest BCUT2D eigenvalue weighted by atomic mass is 19.1. The molecule has 100 valence electrons. The molecule has 5 nitrogen and oxygen atoms in total. The Labute approximate surface area is 114 Å². The van der Waals surface area contributed by atoms with Crippen molar-refractivity contribution in [2.75, 3.05) is 5.73 Å². The number of para-hydroxylation sites is 1. The molecule has 1 aromatic carbocycles. The van der Waals surface area contributed by atoms with Crippen molar-refractivity contribution in [2.45, 2.75) is 0 Å². The SMILES string of the molecule is Nc1cn[nH]c1-c1cnc(Oc2ccccc2)c(F)c1. The van der Waals surface area contributed by atoms with Crippen LogP contribution in [0.2, 0.25) is 0 Å². The van der Waals surface area contributed by atoms with Crippen molar-refractivity contribution in [1.82, 2.24) is 15.2 Å². The molecule has 0 atom stereocenters. The summed E-state index contributed by atoms with van der Waals surface area (Å²) >= 11 is 0. The number of nitrogens with zero attached hydrogens (tertiary/aromatic N) is 2. The molecule has 2 aromatic heterocycles. The van der Waals surface area contributed by atoms with Crippen molar-refractivity contribution >= 4 is 5.69 Å². The van der Waals surface area contributed by atoms with Gasteiger partial charge in [0.05, 0.1) is 17.6 Å². The van der Waals surface area contributed by atoms with Crippen LogP contribution in [0.5, 0.6) is 11.6 Å². The maximum atomic E-state index is 14.0. The molecule has 3 aromatic rings. The van der Waals surface area contributed by atoms with Gasteiger partial charge in [-0.1, -0.05) is 18.2 Å². The Bertz CT molecular complexity index is 727. The molecule has 0 amide bonds. The van der Waals surface area contributed by atoms with E-state index in [9.17, 15) is 4.39 Å². The third-order valence-corrected chi connectivity index (χ3v) is 2.72. The minimum atomic E-state index is -0.569. The number of nitrogens with one attached hydrogen (secondary N) is 1. The maximum absolute atomic E-state index is 14.0. The molecule has 0 aliphatic heterocycles. The lowest BCUT2D eigenvalue weighted by molar-refractivity contribution is 0.423. The summed E-state index contributed by atoms with van der Waals surface area (Å²) in [6, 6.07) is 10.2. The quantitative estimate of drug-likeness (QED) is 0.767. The highest BCUT2D eigenvalue weighted by Gasteiger charge is 2.11. The summed E-state index contributed by atoms with van der Waals surface area (Å²) in [5.74, 6) is -0.133. The smallest absolute Gasteiger partial charge is 0.255 e. The minimum absolute atomic E-state index is 0.0852. The number of hydrogen-bond acceptors (Lipinski definition) is 4. The van der Waals surface area contributed by atoms with Crippen molar-refractivity contribution in [3.63, 3.8) is 0 Å². The van der Waals surface area contributed by atoms with Crippen LogP contribution in [0.3, 0.4) is 0 Å². The average Bonchev–Trinajstić information content (AvgIpc) is 2.88. The number of H-pyrrole nitrogens is 1. The van der Waals surface area contributed by atoms with Gasteiger partial charge in [0.2, 0.25) is 0 Å². The van der Waals surface area contributed by atoms with E-state index in [0.717, 1.165) is 0 Å². The normalized spacial score (nSPS) is 10.4. The third-order valence-electron chi connectivity index (χ3n) is 2.72. The zero-order valence-electron chi connectivity index (χ0n) is 10.4. The number of nitrogens with two attached hydrogens (primary N) is 1. The van der Waals surface area contributed by atoms with Gasteiger partial charge in [-0.15, -0.1) is 0 Å². The van der Waals surface area contributed by atoms with Gasteiger partial charge in [0.15, 0.2) is 5.82 Å². The van der Waals surface area contributed by atoms with Crippen molar-refractivity contribution in [3.05, 3.63) is 54.6 Å². The number of rotatable bonds is 3. The number of anilines is 1. The van der Waals surface area contributed by atoms with E-state index in [-0.39, 0.29) is 5.88 Å². The van der Waals surface area contributed by atoms with Gasteiger partial charge in [0.1, 0.15) is 5.75 Å². The van der Waals surface area contributed by atoms with Gasteiger partial charge in [-0.3, -0.25) is 5.10 Å². The predicted molar refractivity (Wildman–Crippen MR) is 72.7 cm³/mol. The van der Waals surface area contributed by atoms with E-state index in [4.69, 9.17) is 10.5 Å². The first kappa shape index (κ1) is 12.2. The second-order valence-electron chi connectivity index (χ2n) is 4.13. The van der Waals surface area contributed by atoms with E-state index in [1.54, 1.807) is 24.3 Å². The Morgan fingerprint density at radius 1 is 1.15 bits per heavy atom. The molecule has 0 saturated carbocycles. The number of nitrogen functional groups attached to an aromatic ring is 1. The lowest BCUT2D eigenvalue weighted by Gasteiger charge is -2.06. The molecule has 6 heteroatoms. The monoisotopic (exact) mass is 270 g/mol. The van der Waals surface area contributed by atoms with Crippen LogP contribution in [0.15, 0.2) is 48.8 Å². The highest BCUT2D eigenvalue weighted by molar-refractivity contribution is 5.71. The van der Waals surface area contributed by atoms with Crippen LogP contribution in [-0.4, -0.2) is 15.2 Å². The van der Waals surface area contributed by atoms with Gasteiger partial charge < -0.3 is 10.5 Å². The molecule has 0 radical (unpaired) electrons. The molecule has 2 heterocycles. The predicted octanol–water partition coefficient (Wildman–Crippen LogP) is 2.99. The molecule has 3 N–H and O–H groups in total. The standard InChI is InChI=1S/C14H11FN4O/c15-11-6-9(13-12(16)8-18-19-13)7-17-14(11)20-10-4-2-1-3-5-10/h1-8H,16H2,(H,18,19). The lowest BCUT2D eigenvalue weighted by Crippen LogP contribution is -1.94.